The molecule has 1 saturated heterocycles. The van der Waals surface area contributed by atoms with Crippen molar-refractivity contribution in [2.45, 2.75) is 48.4 Å². The van der Waals surface area contributed by atoms with Crippen molar-refractivity contribution in [1.29, 1.82) is 0 Å². The van der Waals surface area contributed by atoms with Crippen LogP contribution in [0, 0.1) is 11.3 Å². The second kappa shape index (κ2) is 5.03. The van der Waals surface area contributed by atoms with Crippen molar-refractivity contribution < 1.29 is 14.6 Å². The second-order valence-corrected chi connectivity index (χ2v) is 7.94. The van der Waals surface area contributed by atoms with Crippen LogP contribution in [0.3, 0.4) is 0 Å². The first kappa shape index (κ1) is 13.6. The van der Waals surface area contributed by atoms with Gasteiger partial charge in [0.15, 0.2) is 0 Å². The largest absolute Gasteiger partial charge is 0.481 e. The van der Waals surface area contributed by atoms with Gasteiger partial charge in [0.05, 0.1) is 11.5 Å². The number of aliphatic carboxylic acids is 1. The van der Waals surface area contributed by atoms with Gasteiger partial charge in [0.1, 0.15) is 0 Å². The van der Waals surface area contributed by atoms with Crippen LogP contribution in [0.25, 0.3) is 0 Å². The maximum atomic E-state index is 12.0. The Morgan fingerprint density at radius 2 is 2.19 bits per heavy atom. The van der Waals surface area contributed by atoms with Crippen molar-refractivity contribution in [3.8, 4) is 0 Å². The van der Waals surface area contributed by atoms with Crippen molar-refractivity contribution >= 4 is 17.7 Å². The molecule has 4 rings (SSSR count). The Balaban J connectivity index is 1.55. The summed E-state index contributed by atoms with van der Waals surface area (Å²) >= 11 is 1.85. The lowest BCUT2D eigenvalue weighted by Crippen LogP contribution is -2.42. The number of carbonyl (C=O) groups is 1. The highest BCUT2D eigenvalue weighted by Crippen LogP contribution is 2.53. The molecule has 1 aromatic rings. The van der Waals surface area contributed by atoms with E-state index in [1.807, 2.05) is 11.8 Å². The Morgan fingerprint density at radius 1 is 1.38 bits per heavy atom. The fourth-order valence-corrected chi connectivity index (χ4v) is 5.43. The summed E-state index contributed by atoms with van der Waals surface area (Å²) in [6.07, 6.45) is 4.63. The minimum Gasteiger partial charge on any atom is -0.481 e. The molecule has 1 N–H and O–H groups in total. The number of carboxylic acids is 1. The van der Waals surface area contributed by atoms with Crippen LogP contribution in [0.15, 0.2) is 29.2 Å². The summed E-state index contributed by atoms with van der Waals surface area (Å²) in [5.41, 5.74) is 0.718. The fraction of sp³-hybridized carbons (Fsp3) is 0.588. The fourth-order valence-electron chi connectivity index (χ4n) is 3.96. The Bertz CT molecular complexity index is 544. The molecule has 2 heterocycles. The summed E-state index contributed by atoms with van der Waals surface area (Å²) in [5.74, 6) is -0.161. The molecule has 3 unspecified atom stereocenters. The van der Waals surface area contributed by atoms with E-state index in [4.69, 9.17) is 4.74 Å². The molecule has 0 amide bonds. The van der Waals surface area contributed by atoms with Crippen molar-refractivity contribution in [3.63, 3.8) is 0 Å². The Labute approximate surface area is 129 Å². The zero-order valence-electron chi connectivity index (χ0n) is 12.0. The summed E-state index contributed by atoms with van der Waals surface area (Å²) in [5, 5.41) is 10.3. The van der Waals surface area contributed by atoms with E-state index >= 15 is 0 Å². The Hall–Kier alpha value is -1.00. The predicted octanol–water partition coefficient (Wildman–Crippen LogP) is 3.36. The van der Waals surface area contributed by atoms with Crippen molar-refractivity contribution in [2.24, 2.45) is 11.3 Å². The van der Waals surface area contributed by atoms with Crippen LogP contribution < -0.4 is 0 Å². The second-order valence-electron chi connectivity index (χ2n) is 6.60. The maximum absolute atomic E-state index is 12.0. The van der Waals surface area contributed by atoms with E-state index < -0.39 is 11.4 Å². The van der Waals surface area contributed by atoms with Gasteiger partial charge in [-0.2, -0.15) is 0 Å². The first-order valence-electron chi connectivity index (χ1n) is 7.78. The monoisotopic (exact) mass is 304 g/mol. The molecule has 0 spiro atoms. The standard InChI is InChI=1S/C17H20O3S/c18-16(19)17(7-8-20-15(17)11-5-6-11)10-13-9-12-3-1-2-4-14(12)21-13/h1-4,11,13,15H,5-10H2,(H,18,19). The van der Waals surface area contributed by atoms with E-state index in [2.05, 4.69) is 24.3 Å². The number of hydrogen-bond donors (Lipinski definition) is 1. The summed E-state index contributed by atoms with van der Waals surface area (Å²) in [7, 11) is 0. The van der Waals surface area contributed by atoms with Gasteiger partial charge in [0.2, 0.25) is 0 Å². The lowest BCUT2D eigenvalue weighted by atomic mass is 9.74. The highest BCUT2D eigenvalue weighted by molar-refractivity contribution is 8.00. The first-order valence-corrected chi connectivity index (χ1v) is 8.66. The van der Waals surface area contributed by atoms with Gasteiger partial charge < -0.3 is 9.84 Å². The molecule has 3 aliphatic rings. The molecule has 1 saturated carbocycles. The van der Waals surface area contributed by atoms with Crippen molar-refractivity contribution in [1.82, 2.24) is 0 Å². The van der Waals surface area contributed by atoms with Crippen LogP contribution in [0.2, 0.25) is 0 Å². The maximum Gasteiger partial charge on any atom is 0.312 e. The minimum absolute atomic E-state index is 0.0562. The van der Waals surface area contributed by atoms with E-state index in [1.165, 1.54) is 10.5 Å². The van der Waals surface area contributed by atoms with Gasteiger partial charge in [-0.25, -0.2) is 0 Å². The molecule has 0 radical (unpaired) electrons. The van der Waals surface area contributed by atoms with Crippen LogP contribution in [-0.4, -0.2) is 29.0 Å². The highest BCUT2D eigenvalue weighted by Gasteiger charge is 2.56. The zero-order valence-corrected chi connectivity index (χ0v) is 12.8. The normalized spacial score (nSPS) is 34.9. The molecule has 1 aromatic carbocycles. The van der Waals surface area contributed by atoms with E-state index in [9.17, 15) is 9.90 Å². The molecular weight excluding hydrogens is 284 g/mol. The predicted molar refractivity (Wildman–Crippen MR) is 81.6 cm³/mol. The van der Waals surface area contributed by atoms with E-state index in [1.54, 1.807) is 0 Å². The molecule has 1 aliphatic carbocycles. The third-order valence-corrected chi connectivity index (χ3v) is 6.49. The molecule has 3 nitrogen and oxygen atoms in total. The van der Waals surface area contributed by atoms with Crippen LogP contribution in [-0.2, 0) is 16.0 Å². The SMILES string of the molecule is O=C(O)C1(CC2Cc3ccccc3S2)CCOC1C1CC1. The highest BCUT2D eigenvalue weighted by atomic mass is 32.2. The number of thioether (sulfide) groups is 1. The molecule has 3 atom stereocenters. The quantitative estimate of drug-likeness (QED) is 0.926. The summed E-state index contributed by atoms with van der Waals surface area (Å²) in [4.78, 5) is 13.4. The van der Waals surface area contributed by atoms with E-state index in [-0.39, 0.29) is 6.10 Å². The number of hydrogen-bond acceptors (Lipinski definition) is 3. The van der Waals surface area contributed by atoms with Crippen molar-refractivity contribution in [3.05, 3.63) is 29.8 Å². The van der Waals surface area contributed by atoms with Gasteiger partial charge >= 0.3 is 5.97 Å². The van der Waals surface area contributed by atoms with Crippen LogP contribution in [0.5, 0.6) is 0 Å². The zero-order chi connectivity index (χ0) is 14.4. The molecular formula is C17H20O3S. The number of carboxylic acid groups (broad SMARTS) is 1. The third kappa shape index (κ3) is 2.29. The lowest BCUT2D eigenvalue weighted by molar-refractivity contribution is -0.153. The number of ether oxygens (including phenoxy) is 1. The van der Waals surface area contributed by atoms with Gasteiger partial charge in [-0.1, -0.05) is 18.2 Å². The summed E-state index contributed by atoms with van der Waals surface area (Å²) in [6.45, 7) is 0.609. The van der Waals surface area contributed by atoms with Crippen LogP contribution in [0.1, 0.15) is 31.2 Å². The van der Waals surface area contributed by atoms with Crippen LogP contribution >= 0.6 is 11.8 Å². The van der Waals surface area contributed by atoms with E-state index in [0.29, 0.717) is 24.2 Å². The number of rotatable bonds is 4. The summed E-state index contributed by atoms with van der Waals surface area (Å²) in [6, 6.07) is 8.45. The van der Waals surface area contributed by atoms with Gasteiger partial charge in [-0.3, -0.25) is 4.79 Å². The first-order chi connectivity index (χ1) is 10.2. The van der Waals surface area contributed by atoms with Crippen molar-refractivity contribution in [2.75, 3.05) is 6.61 Å². The lowest BCUT2D eigenvalue weighted by Gasteiger charge is -2.32. The molecule has 0 aromatic heterocycles. The minimum atomic E-state index is -0.652. The smallest absolute Gasteiger partial charge is 0.312 e. The Morgan fingerprint density at radius 3 is 2.90 bits per heavy atom. The van der Waals surface area contributed by atoms with Gasteiger partial charge in [-0.15, -0.1) is 11.8 Å². The molecule has 4 heteroatoms. The van der Waals surface area contributed by atoms with Gasteiger partial charge in [-0.05, 0) is 49.7 Å². The molecule has 112 valence electrons. The molecule has 2 aliphatic heterocycles. The topological polar surface area (TPSA) is 46.5 Å². The molecule has 2 fully saturated rings. The molecule has 21 heavy (non-hydrogen) atoms. The van der Waals surface area contributed by atoms with Gasteiger partial charge in [0, 0.05) is 16.8 Å². The van der Waals surface area contributed by atoms with Gasteiger partial charge in [0.25, 0.3) is 0 Å². The third-order valence-electron chi connectivity index (χ3n) is 5.17. The van der Waals surface area contributed by atoms with E-state index in [0.717, 1.165) is 25.7 Å². The summed E-state index contributed by atoms with van der Waals surface area (Å²) < 4.78 is 5.85. The number of fused-ring (bicyclic) bond motifs is 1. The van der Waals surface area contributed by atoms with Crippen LogP contribution in [0.4, 0.5) is 0 Å². The number of benzene rings is 1. The Kier molecular flexibility index (Phi) is 3.27. The molecule has 0 bridgehead atoms. The average molecular weight is 304 g/mol. The average Bonchev–Trinajstić information content (AvgIpc) is 3.08.